The van der Waals surface area contributed by atoms with Crippen LogP contribution in [0.1, 0.15) is 19.4 Å². The minimum Gasteiger partial charge on any atom is -0.497 e. The van der Waals surface area contributed by atoms with E-state index in [-0.39, 0.29) is 36.1 Å². The fourth-order valence-electron chi connectivity index (χ4n) is 7.47. The number of nitrogens with zero attached hydrogens (tertiary/aromatic N) is 3. The van der Waals surface area contributed by atoms with E-state index in [1.165, 1.54) is 34.9 Å². The van der Waals surface area contributed by atoms with Crippen molar-refractivity contribution in [3.8, 4) is 5.75 Å². The van der Waals surface area contributed by atoms with Gasteiger partial charge in [-0.15, -0.1) is 10.2 Å². The summed E-state index contributed by atoms with van der Waals surface area (Å²) in [4.78, 5) is 59.5. The summed E-state index contributed by atoms with van der Waals surface area (Å²) in [6.45, 7) is 5.43. The number of β-lactam (4-membered cyclic amide) rings is 1. The Balaban J connectivity index is 1.65. The highest BCUT2D eigenvalue weighted by atomic mass is 32.2. The summed E-state index contributed by atoms with van der Waals surface area (Å²) in [5.74, 6) is -3.28. The molecule has 1 aromatic heterocycles. The molecule has 4 atom stereocenters. The third-order valence-corrected chi connectivity index (χ3v) is 17.1. The van der Waals surface area contributed by atoms with E-state index in [2.05, 4.69) is 10.2 Å². The van der Waals surface area contributed by atoms with Gasteiger partial charge in [0.25, 0.3) is 0 Å². The number of carbonyl (C=O) groups excluding carboxylic acids is 4. The van der Waals surface area contributed by atoms with Gasteiger partial charge in [-0.25, -0.2) is 4.79 Å². The molecule has 2 heterocycles. The lowest BCUT2D eigenvalue weighted by molar-refractivity contribution is -0.164. The van der Waals surface area contributed by atoms with Crippen molar-refractivity contribution in [2.45, 2.75) is 56.6 Å². The number of Topliss-reactive ketones (excluding diaryl/α,β-unsaturated/α-hetero) is 1. The highest BCUT2D eigenvalue weighted by Crippen LogP contribution is 2.51. The highest BCUT2D eigenvalue weighted by molar-refractivity contribution is 8.01. The Morgan fingerprint density at radius 3 is 1.88 bits per heavy atom. The summed E-state index contributed by atoms with van der Waals surface area (Å²) in [7, 11) is -0.679. The Bertz CT molecular complexity index is 2170. The number of ether oxygens (including phenoxy) is 3. The molecule has 1 amide bonds. The maximum Gasteiger partial charge on any atom is 0.356 e. The van der Waals surface area contributed by atoms with Gasteiger partial charge >= 0.3 is 11.9 Å². The average Bonchev–Trinajstić information content (AvgIpc) is 3.76. The standard InChI is InChI=1S/C44H48N3O8PS2Si/c1-30(55-59(4,5)6)39-40(37(27-53-31(2)48)38(49)28-57-44-46-45-29-58-44)47(41(39)50)42(43(51)54-26-32-22-24-33(52-3)25-23-32)56(34-16-10-7-11-17-34,35-18-12-8-13-19-35)36-20-14-9-15-21-36/h7-25,29-30,37,39-40H,26-28H2,1-6H3/t30-,37+,39-,40-/m1/s1. The molecule has 6 rings (SSSR count). The quantitative estimate of drug-likeness (QED) is 0.0322. The Labute approximate surface area is 354 Å². The molecule has 0 spiro atoms. The Morgan fingerprint density at radius 2 is 1.41 bits per heavy atom. The molecule has 1 fully saturated rings. The van der Waals surface area contributed by atoms with Crippen LogP contribution in [-0.4, -0.2) is 84.1 Å². The molecule has 5 aromatic rings. The molecule has 1 saturated heterocycles. The summed E-state index contributed by atoms with van der Waals surface area (Å²) >= 11 is 2.52. The lowest BCUT2D eigenvalue weighted by Crippen LogP contribution is -2.72. The van der Waals surface area contributed by atoms with E-state index >= 15 is 9.59 Å². The molecule has 1 aliphatic heterocycles. The van der Waals surface area contributed by atoms with Gasteiger partial charge in [0.2, 0.25) is 5.91 Å². The zero-order valence-electron chi connectivity index (χ0n) is 33.8. The number of hydrogen-bond acceptors (Lipinski definition) is 12. The van der Waals surface area contributed by atoms with Crippen LogP contribution < -0.4 is 20.7 Å². The number of methoxy groups -OCH3 is 1. The second-order valence-corrected chi connectivity index (χ2v) is 24.8. The number of carbonyl (C=O) groups is 4. The van der Waals surface area contributed by atoms with Crippen molar-refractivity contribution in [1.82, 2.24) is 15.1 Å². The molecule has 11 nitrogen and oxygen atoms in total. The highest BCUT2D eigenvalue weighted by Gasteiger charge is 2.60. The first kappa shape index (κ1) is 43.7. The first-order valence-corrected chi connectivity index (χ1v) is 26.2. The fourth-order valence-corrected chi connectivity index (χ4v) is 14.6. The second-order valence-electron chi connectivity index (χ2n) is 15.0. The number of likely N-dealkylation sites (tertiary alicyclic amines) is 1. The van der Waals surface area contributed by atoms with E-state index in [0.29, 0.717) is 15.7 Å². The Hall–Kier alpha value is -4.85. The number of aromatic nitrogens is 2. The van der Waals surface area contributed by atoms with Crippen LogP contribution in [0, 0.1) is 11.8 Å². The van der Waals surface area contributed by atoms with Crippen LogP contribution in [0.2, 0.25) is 19.6 Å². The smallest absolute Gasteiger partial charge is 0.356 e. The van der Waals surface area contributed by atoms with Gasteiger partial charge in [-0.2, -0.15) is 0 Å². The molecule has 1 aliphatic rings. The van der Waals surface area contributed by atoms with Crippen LogP contribution >= 0.6 is 30.0 Å². The maximum absolute atomic E-state index is 15.5. The zero-order valence-corrected chi connectivity index (χ0v) is 37.4. The van der Waals surface area contributed by atoms with Crippen molar-refractivity contribution >= 4 is 83.3 Å². The van der Waals surface area contributed by atoms with Crippen LogP contribution in [0.3, 0.4) is 0 Å². The molecule has 0 aliphatic carbocycles. The molecule has 308 valence electrons. The molecule has 0 unspecified atom stereocenters. The van der Waals surface area contributed by atoms with E-state index in [4.69, 9.17) is 18.6 Å². The predicted molar refractivity (Wildman–Crippen MR) is 237 cm³/mol. The third kappa shape index (κ3) is 9.96. The number of hydrogen-bond donors (Lipinski definition) is 0. The van der Waals surface area contributed by atoms with Crippen molar-refractivity contribution < 1.29 is 37.8 Å². The molecule has 0 radical (unpaired) electrons. The minimum absolute atomic E-state index is 0.0385. The largest absolute Gasteiger partial charge is 0.497 e. The first-order chi connectivity index (χ1) is 28.3. The Kier molecular flexibility index (Phi) is 14.4. The van der Waals surface area contributed by atoms with Gasteiger partial charge in [-0.3, -0.25) is 14.4 Å². The van der Waals surface area contributed by atoms with Gasteiger partial charge in [-0.1, -0.05) is 126 Å². The van der Waals surface area contributed by atoms with Crippen molar-refractivity contribution in [2.24, 2.45) is 11.8 Å². The number of ketones is 1. The maximum atomic E-state index is 15.5. The molecule has 4 aromatic carbocycles. The van der Waals surface area contributed by atoms with Crippen LogP contribution in [0.25, 0.3) is 0 Å². The summed E-state index contributed by atoms with van der Waals surface area (Å²) in [6.07, 6.45) is -0.645. The predicted octanol–water partition coefficient (Wildman–Crippen LogP) is 6.32. The van der Waals surface area contributed by atoms with Crippen molar-refractivity contribution in [2.75, 3.05) is 19.5 Å². The van der Waals surface area contributed by atoms with E-state index < -0.39 is 51.1 Å². The number of benzene rings is 4. The van der Waals surface area contributed by atoms with Gasteiger partial charge in [0.15, 0.2) is 18.4 Å². The van der Waals surface area contributed by atoms with Gasteiger partial charge in [-0.05, 0) is 60.2 Å². The van der Waals surface area contributed by atoms with Crippen molar-refractivity contribution in [3.05, 3.63) is 126 Å². The summed E-state index contributed by atoms with van der Waals surface area (Å²) < 4.78 is 24.5. The van der Waals surface area contributed by atoms with Crippen LogP contribution in [0.4, 0.5) is 0 Å². The summed E-state index contributed by atoms with van der Waals surface area (Å²) in [5, 5.41) is 10.4. The Morgan fingerprint density at radius 1 is 0.847 bits per heavy atom. The molecule has 59 heavy (non-hydrogen) atoms. The topological polar surface area (TPSA) is 134 Å². The van der Waals surface area contributed by atoms with E-state index in [1.54, 1.807) is 24.8 Å². The van der Waals surface area contributed by atoms with E-state index in [0.717, 1.165) is 15.9 Å². The molecular weight excluding hydrogens is 822 g/mol. The normalized spacial score (nSPS) is 16.4. The minimum atomic E-state index is -3.36. The van der Waals surface area contributed by atoms with Crippen molar-refractivity contribution in [3.63, 3.8) is 0 Å². The SMILES string of the molecule is COc1ccc(COC(=O)C(N2C(=O)[C@H]([C@@H](C)O[Si](C)(C)C)[C@H]2[C@@H](COC(C)=O)C(=O)CSc2nncs2)=P(c2ccccc2)(c2ccccc2)c2ccccc2)cc1. The molecule has 0 bridgehead atoms. The molecule has 0 N–H and O–H groups in total. The summed E-state index contributed by atoms with van der Waals surface area (Å²) in [6, 6.07) is 35.2. The summed E-state index contributed by atoms with van der Waals surface area (Å²) in [5.41, 5.74) is 2.40. The van der Waals surface area contributed by atoms with Crippen LogP contribution in [0.15, 0.2) is 125 Å². The lowest BCUT2D eigenvalue weighted by Gasteiger charge is -2.54. The number of thioether (sulfide) groups is 1. The van der Waals surface area contributed by atoms with Crippen molar-refractivity contribution in [1.29, 1.82) is 0 Å². The second kappa shape index (κ2) is 19.5. The monoisotopic (exact) mass is 869 g/mol. The van der Waals surface area contributed by atoms with E-state index in [1.807, 2.05) is 130 Å². The lowest BCUT2D eigenvalue weighted by atomic mass is 9.74. The van der Waals surface area contributed by atoms with Crippen LogP contribution in [0.5, 0.6) is 5.75 Å². The molecule has 0 saturated carbocycles. The average molecular weight is 870 g/mol. The fraction of sp³-hybridized carbons (Fsp3) is 0.295. The first-order valence-electron chi connectivity index (χ1n) is 19.1. The van der Waals surface area contributed by atoms with Gasteiger partial charge < -0.3 is 23.5 Å². The van der Waals surface area contributed by atoms with Gasteiger partial charge in [0.1, 0.15) is 29.9 Å². The third-order valence-electron chi connectivity index (χ3n) is 9.89. The van der Waals surface area contributed by atoms with Crippen LogP contribution in [-0.2, 0) is 39.7 Å². The zero-order chi connectivity index (χ0) is 42.2. The number of amides is 1. The molecular formula is C44H48N3O8PS2Si. The number of rotatable bonds is 18. The van der Waals surface area contributed by atoms with Gasteiger partial charge in [0, 0.05) is 13.8 Å². The number of esters is 2. The van der Waals surface area contributed by atoms with Gasteiger partial charge in [0.05, 0.1) is 36.8 Å². The molecule has 15 heteroatoms. The van der Waals surface area contributed by atoms with E-state index in [9.17, 15) is 9.59 Å².